The number of carbonyl (C=O) groups excluding carboxylic acids is 4. The smallest absolute Gasteiger partial charge is 0.269 e. The number of ether oxygens (including phenoxy) is 1. The molecule has 2 N–H and O–H groups in total. The number of phenols is 1. The van der Waals surface area contributed by atoms with Gasteiger partial charge < -0.3 is 9.84 Å². The molecule has 3 fully saturated rings. The van der Waals surface area contributed by atoms with Crippen LogP contribution in [0.2, 0.25) is 0 Å². The van der Waals surface area contributed by atoms with Crippen LogP contribution in [0.25, 0.3) is 0 Å². The lowest BCUT2D eigenvalue weighted by Crippen LogP contribution is -2.53. The number of nitrogens with one attached hydrogen (secondary N) is 1. The summed E-state index contributed by atoms with van der Waals surface area (Å²) in [5.74, 6) is -5.61. The van der Waals surface area contributed by atoms with Crippen molar-refractivity contribution in [3.63, 3.8) is 0 Å². The lowest BCUT2D eigenvalue weighted by Gasteiger charge is -2.50. The molecule has 2 aliphatic carbocycles. The van der Waals surface area contributed by atoms with Gasteiger partial charge in [0.05, 0.1) is 46.1 Å². The van der Waals surface area contributed by atoms with Gasteiger partial charge in [-0.1, -0.05) is 65.7 Å². The third-order valence-corrected chi connectivity index (χ3v) is 11.3. The third kappa shape index (κ3) is 5.11. The van der Waals surface area contributed by atoms with Gasteiger partial charge in [-0.3, -0.25) is 39.6 Å². The number of benzene rings is 4. The fourth-order valence-electron chi connectivity index (χ4n) is 9.08. The summed E-state index contributed by atoms with van der Waals surface area (Å²) in [6, 6.07) is 26.7. The minimum Gasteiger partial charge on any atom is -0.504 e. The molecule has 1 saturated carbocycles. The summed E-state index contributed by atoms with van der Waals surface area (Å²) in [4.78, 5) is 70.5. The van der Waals surface area contributed by atoms with Gasteiger partial charge in [0.15, 0.2) is 11.5 Å². The highest BCUT2D eigenvalue weighted by molar-refractivity contribution is 6.22. The van der Waals surface area contributed by atoms with E-state index in [1.54, 1.807) is 31.2 Å². The van der Waals surface area contributed by atoms with Crippen molar-refractivity contribution in [1.29, 1.82) is 0 Å². The van der Waals surface area contributed by atoms with Crippen LogP contribution in [-0.2, 0) is 24.6 Å². The van der Waals surface area contributed by atoms with Gasteiger partial charge in [-0.05, 0) is 80.1 Å². The molecule has 2 saturated heterocycles. The monoisotopic (exact) mass is 712 g/mol. The van der Waals surface area contributed by atoms with Crippen molar-refractivity contribution in [1.82, 2.24) is 5.01 Å². The number of amides is 4. The zero-order chi connectivity index (χ0) is 37.2. The predicted molar refractivity (Wildman–Crippen MR) is 194 cm³/mol. The lowest BCUT2D eigenvalue weighted by atomic mass is 9.49. The minimum absolute atomic E-state index is 0.0854. The molecule has 0 radical (unpaired) electrons. The number of hydrogen-bond acceptors (Lipinski definition) is 9. The van der Waals surface area contributed by atoms with E-state index in [-0.39, 0.29) is 42.3 Å². The fraction of sp³-hybridized carbons (Fsp3) is 0.268. The van der Waals surface area contributed by atoms with E-state index < -0.39 is 63.6 Å². The Labute approximate surface area is 304 Å². The van der Waals surface area contributed by atoms with Gasteiger partial charge in [0.2, 0.25) is 11.8 Å². The van der Waals surface area contributed by atoms with E-state index in [1.165, 1.54) is 30.3 Å². The maximum atomic E-state index is 15.3. The van der Waals surface area contributed by atoms with Crippen LogP contribution in [0.1, 0.15) is 42.4 Å². The average Bonchev–Trinajstić information content (AvgIpc) is 3.54. The van der Waals surface area contributed by atoms with Crippen LogP contribution in [0.5, 0.6) is 11.5 Å². The summed E-state index contributed by atoms with van der Waals surface area (Å²) < 4.78 is 5.81. The minimum atomic E-state index is -1.48. The summed E-state index contributed by atoms with van der Waals surface area (Å²) in [7, 11) is 0. The molecule has 6 atom stereocenters. The SMILES string of the molecule is CCOc1cc([C@H]2C3=CC[C@@H]4C(=O)N(c5ccc([N+](=O)[O-])cc5)C(=O)[C@@H]4[C@@H]3C[C@H]3C(=O)N(Nc4ccc(C)cc4)C(=O)[C@@]23c2ccccc2)ccc1O. The number of hydrogen-bond donors (Lipinski definition) is 2. The molecule has 4 aliphatic rings. The standard InChI is InChI=1S/C41H36N4O8/c1-3-53-34-21-24(11-20-33(34)46)36-29-18-19-30-35(39(49)43(37(30)47)27-14-16-28(17-15-27)45(51)52)31(29)22-32-38(48)44(42-26-12-9-23(2)10-13-26)40(50)41(32,36)25-7-5-4-6-8-25/h4-18,20-21,30-32,35-36,42,46H,3,19,22H2,1-2H3/t30-,31+,32-,35-,36-,41+/m0/s1. The summed E-state index contributed by atoms with van der Waals surface area (Å²) in [6.07, 6.45) is 2.27. The van der Waals surface area contributed by atoms with Crippen LogP contribution in [0, 0.1) is 40.7 Å². The highest BCUT2D eigenvalue weighted by atomic mass is 16.6. The molecule has 0 unspecified atom stereocenters. The molecule has 4 amide bonds. The Morgan fingerprint density at radius 2 is 1.62 bits per heavy atom. The second-order valence-electron chi connectivity index (χ2n) is 14.0. The van der Waals surface area contributed by atoms with E-state index in [1.807, 2.05) is 55.5 Å². The zero-order valence-corrected chi connectivity index (χ0v) is 29.0. The number of non-ortho nitro benzene ring substituents is 1. The van der Waals surface area contributed by atoms with E-state index in [4.69, 9.17) is 4.74 Å². The Morgan fingerprint density at radius 1 is 0.906 bits per heavy atom. The molecule has 268 valence electrons. The van der Waals surface area contributed by atoms with Gasteiger partial charge in [-0.2, -0.15) is 5.01 Å². The van der Waals surface area contributed by atoms with Gasteiger partial charge in [-0.15, -0.1) is 0 Å². The van der Waals surface area contributed by atoms with Gasteiger partial charge in [0, 0.05) is 18.1 Å². The number of aryl methyl sites for hydroxylation is 1. The number of hydrazine groups is 1. The zero-order valence-electron chi connectivity index (χ0n) is 29.0. The van der Waals surface area contributed by atoms with E-state index in [0.29, 0.717) is 16.8 Å². The second kappa shape index (κ2) is 12.7. The molecule has 2 heterocycles. The first-order valence-corrected chi connectivity index (χ1v) is 17.6. The van der Waals surface area contributed by atoms with E-state index in [0.717, 1.165) is 21.0 Å². The summed E-state index contributed by atoms with van der Waals surface area (Å²) in [5.41, 5.74) is 5.21. The Balaban J connectivity index is 1.30. The van der Waals surface area contributed by atoms with Crippen molar-refractivity contribution in [2.24, 2.45) is 23.7 Å². The van der Waals surface area contributed by atoms with Crippen LogP contribution in [0.15, 0.2) is 109 Å². The number of carbonyl (C=O) groups is 4. The molecular formula is C41H36N4O8. The molecule has 12 nitrogen and oxygen atoms in total. The molecule has 12 heteroatoms. The number of allylic oxidation sites excluding steroid dienone is 2. The highest BCUT2D eigenvalue weighted by Crippen LogP contribution is 2.64. The average molecular weight is 713 g/mol. The van der Waals surface area contributed by atoms with Crippen molar-refractivity contribution in [2.75, 3.05) is 16.9 Å². The number of phenolic OH excluding ortho intramolecular Hbond substituents is 1. The fourth-order valence-corrected chi connectivity index (χ4v) is 9.08. The summed E-state index contributed by atoms with van der Waals surface area (Å²) >= 11 is 0. The third-order valence-electron chi connectivity index (χ3n) is 11.3. The number of nitro groups is 1. The van der Waals surface area contributed by atoms with Gasteiger partial charge >= 0.3 is 0 Å². The number of nitro benzene ring substituents is 1. The lowest BCUT2D eigenvalue weighted by molar-refractivity contribution is -0.384. The number of nitrogens with zero attached hydrogens (tertiary/aromatic N) is 3. The van der Waals surface area contributed by atoms with Crippen molar-refractivity contribution >= 4 is 40.7 Å². The van der Waals surface area contributed by atoms with Gasteiger partial charge in [-0.25, -0.2) is 0 Å². The maximum Gasteiger partial charge on any atom is 0.269 e. The highest BCUT2D eigenvalue weighted by Gasteiger charge is 2.70. The van der Waals surface area contributed by atoms with Crippen LogP contribution < -0.4 is 15.1 Å². The Morgan fingerprint density at radius 3 is 2.30 bits per heavy atom. The van der Waals surface area contributed by atoms with Gasteiger partial charge in [0.1, 0.15) is 0 Å². The largest absolute Gasteiger partial charge is 0.504 e. The molecule has 53 heavy (non-hydrogen) atoms. The molecular weight excluding hydrogens is 676 g/mol. The second-order valence-corrected chi connectivity index (χ2v) is 14.0. The molecule has 4 aromatic carbocycles. The van der Waals surface area contributed by atoms with Crippen molar-refractivity contribution < 1.29 is 33.9 Å². The van der Waals surface area contributed by atoms with Gasteiger partial charge in [0.25, 0.3) is 17.5 Å². The first-order valence-electron chi connectivity index (χ1n) is 17.6. The quantitative estimate of drug-likeness (QED) is 0.0939. The van der Waals surface area contributed by atoms with Crippen molar-refractivity contribution in [2.45, 2.75) is 38.0 Å². The Bertz CT molecular complexity index is 2200. The number of imide groups is 2. The number of rotatable bonds is 8. The number of anilines is 2. The number of fused-ring (bicyclic) bond motifs is 4. The first-order chi connectivity index (χ1) is 25.6. The topological polar surface area (TPSA) is 159 Å². The molecule has 4 aromatic rings. The number of aromatic hydroxyl groups is 1. The van der Waals surface area contributed by atoms with E-state index in [2.05, 4.69) is 5.43 Å². The normalized spacial score (nSPS) is 26.2. The summed E-state index contributed by atoms with van der Waals surface area (Å²) in [5, 5.41) is 23.2. The summed E-state index contributed by atoms with van der Waals surface area (Å²) in [6.45, 7) is 4.00. The predicted octanol–water partition coefficient (Wildman–Crippen LogP) is 6.20. The van der Waals surface area contributed by atoms with Crippen LogP contribution in [-0.4, -0.2) is 45.3 Å². The Kier molecular flexibility index (Phi) is 8.12. The molecule has 0 bridgehead atoms. The molecule has 8 rings (SSSR count). The molecule has 0 spiro atoms. The maximum absolute atomic E-state index is 15.3. The van der Waals surface area contributed by atoms with Crippen LogP contribution in [0.4, 0.5) is 17.1 Å². The first kappa shape index (κ1) is 33.8. The van der Waals surface area contributed by atoms with Crippen LogP contribution >= 0.6 is 0 Å². The van der Waals surface area contributed by atoms with Crippen LogP contribution in [0.3, 0.4) is 0 Å². The molecule has 2 aliphatic heterocycles. The molecule has 0 aromatic heterocycles. The van der Waals surface area contributed by atoms with E-state index in [9.17, 15) is 29.6 Å². The van der Waals surface area contributed by atoms with Crippen molar-refractivity contribution in [3.8, 4) is 11.5 Å². The van der Waals surface area contributed by atoms with Crippen molar-refractivity contribution in [3.05, 3.63) is 136 Å². The Hall–Kier alpha value is -6.30. The van der Waals surface area contributed by atoms with E-state index >= 15 is 4.79 Å².